The molecule has 31 heavy (non-hydrogen) atoms. The van der Waals surface area contributed by atoms with Gasteiger partial charge in [0.25, 0.3) is 11.8 Å². The lowest BCUT2D eigenvalue weighted by Gasteiger charge is -2.08. The van der Waals surface area contributed by atoms with Gasteiger partial charge in [0.15, 0.2) is 0 Å². The van der Waals surface area contributed by atoms with Crippen LogP contribution in [0.1, 0.15) is 20.9 Å². The van der Waals surface area contributed by atoms with Crippen molar-refractivity contribution in [2.45, 2.75) is 0 Å². The van der Waals surface area contributed by atoms with Gasteiger partial charge in [0, 0.05) is 16.6 Å². The number of nitrogens with one attached hydrogen (secondary N) is 2. The Morgan fingerprint density at radius 3 is 2.19 bits per heavy atom. The number of hydrogen-bond donors (Lipinski definition) is 2. The van der Waals surface area contributed by atoms with E-state index in [0.29, 0.717) is 27.9 Å². The third kappa shape index (κ3) is 3.65. The molecular weight excluding hydrogens is 388 g/mol. The van der Waals surface area contributed by atoms with Crippen molar-refractivity contribution in [2.24, 2.45) is 0 Å². The van der Waals surface area contributed by atoms with Crippen LogP contribution < -0.4 is 10.6 Å². The van der Waals surface area contributed by atoms with Crippen LogP contribution in [0.15, 0.2) is 101 Å². The lowest BCUT2D eigenvalue weighted by Crippen LogP contribution is -2.17. The first kappa shape index (κ1) is 18.6. The first-order valence-electron chi connectivity index (χ1n) is 9.87. The molecular formula is C26H18N2O3. The summed E-state index contributed by atoms with van der Waals surface area (Å²) in [6.45, 7) is 0. The molecule has 0 aliphatic rings. The monoisotopic (exact) mass is 406 g/mol. The molecule has 0 unspecified atom stereocenters. The maximum Gasteiger partial charge on any atom is 0.293 e. The van der Waals surface area contributed by atoms with E-state index >= 15 is 0 Å². The second-order valence-corrected chi connectivity index (χ2v) is 7.14. The number of carbonyl (C=O) groups is 2. The molecule has 5 heteroatoms. The molecule has 1 heterocycles. The molecule has 2 amide bonds. The van der Waals surface area contributed by atoms with Crippen molar-refractivity contribution in [3.8, 4) is 0 Å². The van der Waals surface area contributed by atoms with Crippen LogP contribution in [0.2, 0.25) is 0 Å². The summed E-state index contributed by atoms with van der Waals surface area (Å²) in [6, 6.07) is 29.7. The van der Waals surface area contributed by atoms with Gasteiger partial charge in [-0.05, 0) is 47.2 Å². The van der Waals surface area contributed by atoms with E-state index < -0.39 is 5.91 Å². The largest absolute Gasteiger partial charge is 0.449 e. The first-order valence-corrected chi connectivity index (χ1v) is 9.87. The molecule has 0 aliphatic carbocycles. The van der Waals surface area contributed by atoms with E-state index in [1.54, 1.807) is 24.3 Å². The van der Waals surface area contributed by atoms with Crippen molar-refractivity contribution in [3.05, 3.63) is 108 Å². The number of rotatable bonds is 4. The van der Waals surface area contributed by atoms with E-state index in [2.05, 4.69) is 10.6 Å². The lowest BCUT2D eigenvalue weighted by molar-refractivity contribution is 0.0999. The lowest BCUT2D eigenvalue weighted by atomic mass is 10.1. The average molecular weight is 406 g/mol. The molecule has 5 aromatic rings. The molecule has 5 nitrogen and oxygen atoms in total. The maximum absolute atomic E-state index is 13.0. The Morgan fingerprint density at radius 1 is 0.645 bits per heavy atom. The van der Waals surface area contributed by atoms with E-state index in [1.165, 1.54) is 0 Å². The van der Waals surface area contributed by atoms with Crippen LogP contribution in [0.5, 0.6) is 0 Å². The van der Waals surface area contributed by atoms with Crippen molar-refractivity contribution in [3.63, 3.8) is 0 Å². The van der Waals surface area contributed by atoms with Crippen LogP contribution in [0, 0.1) is 0 Å². The molecule has 2 N–H and O–H groups in total. The third-order valence-electron chi connectivity index (χ3n) is 5.08. The minimum absolute atomic E-state index is 0.0548. The Morgan fingerprint density at radius 2 is 1.35 bits per heavy atom. The molecule has 0 radical (unpaired) electrons. The second kappa shape index (κ2) is 7.80. The summed E-state index contributed by atoms with van der Waals surface area (Å²) >= 11 is 0. The van der Waals surface area contributed by atoms with Crippen LogP contribution in [0.25, 0.3) is 21.7 Å². The fourth-order valence-corrected chi connectivity index (χ4v) is 3.56. The molecule has 1 aromatic heterocycles. The van der Waals surface area contributed by atoms with Crippen LogP contribution in [-0.2, 0) is 0 Å². The summed E-state index contributed by atoms with van der Waals surface area (Å²) in [5.41, 5.74) is 2.01. The number of furan rings is 1. The van der Waals surface area contributed by atoms with Gasteiger partial charge in [-0.15, -0.1) is 0 Å². The molecule has 0 aliphatic heterocycles. The summed E-state index contributed by atoms with van der Waals surface area (Å²) in [5.74, 6) is -0.693. The highest BCUT2D eigenvalue weighted by molar-refractivity contribution is 6.17. The molecule has 0 atom stereocenters. The van der Waals surface area contributed by atoms with Gasteiger partial charge >= 0.3 is 0 Å². The average Bonchev–Trinajstić information content (AvgIpc) is 3.18. The van der Waals surface area contributed by atoms with E-state index in [9.17, 15) is 9.59 Å². The highest BCUT2D eigenvalue weighted by Crippen LogP contribution is 2.32. The third-order valence-corrected chi connectivity index (χ3v) is 5.08. The van der Waals surface area contributed by atoms with Gasteiger partial charge in [0.2, 0.25) is 5.76 Å². The molecule has 4 aromatic carbocycles. The Labute approximate surface area is 178 Å². The van der Waals surface area contributed by atoms with Crippen LogP contribution in [0.4, 0.5) is 11.4 Å². The van der Waals surface area contributed by atoms with E-state index in [0.717, 1.165) is 10.8 Å². The first-order chi connectivity index (χ1) is 15.2. The minimum Gasteiger partial charge on any atom is -0.449 e. The quantitative estimate of drug-likeness (QED) is 0.379. The topological polar surface area (TPSA) is 71.3 Å². The van der Waals surface area contributed by atoms with Gasteiger partial charge < -0.3 is 15.1 Å². The van der Waals surface area contributed by atoms with Crippen molar-refractivity contribution in [1.82, 2.24) is 0 Å². The standard InChI is InChI=1S/C26H18N2O3/c29-25(19-15-14-17-8-4-5-9-18(17)16-19)28-23-21-12-6-7-13-22(21)31-24(23)26(30)27-20-10-2-1-3-11-20/h1-16H,(H,27,30)(H,28,29). The SMILES string of the molecule is O=C(Nc1c(C(=O)Nc2ccccc2)oc2ccccc12)c1ccc2ccccc2c1. The van der Waals surface area contributed by atoms with Gasteiger partial charge in [0.05, 0.1) is 0 Å². The Hall–Kier alpha value is -4.38. The summed E-state index contributed by atoms with van der Waals surface area (Å²) in [7, 11) is 0. The van der Waals surface area contributed by atoms with Crippen molar-refractivity contribution >= 4 is 44.9 Å². The van der Waals surface area contributed by atoms with Crippen LogP contribution >= 0.6 is 0 Å². The van der Waals surface area contributed by atoms with E-state index in [4.69, 9.17) is 4.42 Å². The van der Waals surface area contributed by atoms with E-state index in [-0.39, 0.29) is 11.7 Å². The zero-order chi connectivity index (χ0) is 21.2. The smallest absolute Gasteiger partial charge is 0.293 e. The molecule has 0 saturated carbocycles. The van der Waals surface area contributed by atoms with Crippen molar-refractivity contribution in [1.29, 1.82) is 0 Å². The summed E-state index contributed by atoms with van der Waals surface area (Å²) in [5, 5.41) is 8.38. The van der Waals surface area contributed by atoms with Gasteiger partial charge in [-0.1, -0.05) is 60.7 Å². The number of carbonyl (C=O) groups excluding carboxylic acids is 2. The van der Waals surface area contributed by atoms with E-state index in [1.807, 2.05) is 72.8 Å². The summed E-state index contributed by atoms with van der Waals surface area (Å²) in [4.78, 5) is 26.0. The highest BCUT2D eigenvalue weighted by Gasteiger charge is 2.23. The molecule has 0 fully saturated rings. The van der Waals surface area contributed by atoms with Crippen LogP contribution in [-0.4, -0.2) is 11.8 Å². The summed E-state index contributed by atoms with van der Waals surface area (Å²) in [6.07, 6.45) is 0. The molecule has 0 spiro atoms. The maximum atomic E-state index is 13.0. The number of para-hydroxylation sites is 2. The number of fused-ring (bicyclic) bond motifs is 2. The van der Waals surface area contributed by atoms with Gasteiger partial charge in [0.1, 0.15) is 11.3 Å². The molecule has 5 rings (SSSR count). The number of benzene rings is 4. The second-order valence-electron chi connectivity index (χ2n) is 7.14. The van der Waals surface area contributed by atoms with Crippen LogP contribution in [0.3, 0.4) is 0 Å². The Bertz CT molecular complexity index is 1420. The fraction of sp³-hybridized carbons (Fsp3) is 0. The van der Waals surface area contributed by atoms with Crippen molar-refractivity contribution in [2.75, 3.05) is 10.6 Å². The Balaban J connectivity index is 1.51. The molecule has 150 valence electrons. The fourth-order valence-electron chi connectivity index (χ4n) is 3.56. The highest BCUT2D eigenvalue weighted by atomic mass is 16.3. The molecule has 0 bridgehead atoms. The number of amides is 2. The normalized spacial score (nSPS) is 10.8. The zero-order valence-corrected chi connectivity index (χ0v) is 16.5. The predicted octanol–water partition coefficient (Wildman–Crippen LogP) is 6.09. The predicted molar refractivity (Wildman–Crippen MR) is 123 cm³/mol. The zero-order valence-electron chi connectivity index (χ0n) is 16.5. The van der Waals surface area contributed by atoms with Gasteiger partial charge in [-0.3, -0.25) is 9.59 Å². The van der Waals surface area contributed by atoms with Crippen molar-refractivity contribution < 1.29 is 14.0 Å². The number of hydrogen-bond acceptors (Lipinski definition) is 3. The summed E-state index contributed by atoms with van der Waals surface area (Å²) < 4.78 is 5.81. The minimum atomic E-state index is -0.434. The van der Waals surface area contributed by atoms with Gasteiger partial charge in [-0.2, -0.15) is 0 Å². The molecule has 0 saturated heterocycles. The van der Waals surface area contributed by atoms with Gasteiger partial charge in [-0.25, -0.2) is 0 Å². The Kier molecular flexibility index (Phi) is 4.69. The number of anilines is 2.